The Balaban J connectivity index is 2.14. The van der Waals surface area contributed by atoms with Gasteiger partial charge in [-0.1, -0.05) is 26.0 Å². The lowest BCUT2D eigenvalue weighted by Gasteiger charge is -2.22. The van der Waals surface area contributed by atoms with E-state index >= 15 is 0 Å². The van der Waals surface area contributed by atoms with Crippen LogP contribution in [0.3, 0.4) is 0 Å². The lowest BCUT2D eigenvalue weighted by atomic mass is 9.95. The molecular weight excluding hydrogens is 242 g/mol. The van der Waals surface area contributed by atoms with Gasteiger partial charge in [0.15, 0.2) is 5.82 Å². The standard InChI is InChI=1S/C13H19N5O/c1-13(2,9-19)8-14-11-6-4-5-10(7-11)12-15-16-17-18(12)3/h4-7,14,19H,8-9H2,1-3H3. The Morgan fingerprint density at radius 3 is 2.79 bits per heavy atom. The highest BCUT2D eigenvalue weighted by atomic mass is 16.3. The number of nitrogens with zero attached hydrogens (tertiary/aromatic N) is 4. The van der Waals surface area contributed by atoms with Gasteiger partial charge in [0.1, 0.15) is 0 Å². The van der Waals surface area contributed by atoms with Crippen LogP contribution in [0.5, 0.6) is 0 Å². The molecule has 1 aromatic heterocycles. The van der Waals surface area contributed by atoms with Crippen LogP contribution in [0.2, 0.25) is 0 Å². The third kappa shape index (κ3) is 3.29. The Kier molecular flexibility index (Phi) is 3.80. The molecule has 0 unspecified atom stereocenters. The summed E-state index contributed by atoms with van der Waals surface area (Å²) in [6.45, 7) is 4.86. The van der Waals surface area contributed by atoms with E-state index < -0.39 is 0 Å². The van der Waals surface area contributed by atoms with Gasteiger partial charge in [0.25, 0.3) is 0 Å². The number of benzene rings is 1. The molecule has 0 atom stereocenters. The summed E-state index contributed by atoms with van der Waals surface area (Å²) in [5.41, 5.74) is 1.80. The SMILES string of the molecule is Cn1nnnc1-c1cccc(NCC(C)(C)CO)c1. The Labute approximate surface area is 112 Å². The summed E-state index contributed by atoms with van der Waals surface area (Å²) >= 11 is 0. The normalized spacial score (nSPS) is 11.6. The maximum absolute atomic E-state index is 9.24. The molecule has 6 heteroatoms. The predicted molar refractivity (Wildman–Crippen MR) is 73.6 cm³/mol. The van der Waals surface area contributed by atoms with E-state index in [1.165, 1.54) is 0 Å². The highest BCUT2D eigenvalue weighted by molar-refractivity contribution is 5.62. The maximum atomic E-state index is 9.24. The highest BCUT2D eigenvalue weighted by Crippen LogP contribution is 2.21. The second kappa shape index (κ2) is 5.36. The molecule has 0 amide bonds. The van der Waals surface area contributed by atoms with Gasteiger partial charge in [0, 0.05) is 36.9 Å². The van der Waals surface area contributed by atoms with Crippen LogP contribution < -0.4 is 5.32 Å². The number of aliphatic hydroxyl groups excluding tert-OH is 1. The first-order chi connectivity index (χ1) is 9.02. The molecule has 0 saturated carbocycles. The van der Waals surface area contributed by atoms with Crippen molar-refractivity contribution in [1.29, 1.82) is 0 Å². The monoisotopic (exact) mass is 261 g/mol. The molecule has 0 fully saturated rings. The highest BCUT2D eigenvalue weighted by Gasteiger charge is 2.16. The summed E-state index contributed by atoms with van der Waals surface area (Å²) in [4.78, 5) is 0. The van der Waals surface area contributed by atoms with Crippen LogP contribution in [-0.4, -0.2) is 38.5 Å². The molecule has 1 aromatic carbocycles. The number of tetrazole rings is 1. The number of anilines is 1. The molecule has 19 heavy (non-hydrogen) atoms. The van der Waals surface area contributed by atoms with Crippen LogP contribution in [0, 0.1) is 5.41 Å². The minimum absolute atomic E-state index is 0.146. The van der Waals surface area contributed by atoms with E-state index in [9.17, 15) is 5.11 Å². The average Bonchev–Trinajstić information content (AvgIpc) is 2.83. The molecule has 6 nitrogen and oxygen atoms in total. The Morgan fingerprint density at radius 1 is 1.37 bits per heavy atom. The fourth-order valence-corrected chi connectivity index (χ4v) is 1.64. The van der Waals surface area contributed by atoms with Gasteiger partial charge in [0.2, 0.25) is 0 Å². The minimum atomic E-state index is -0.150. The number of rotatable bonds is 5. The van der Waals surface area contributed by atoms with E-state index in [1.807, 2.05) is 45.2 Å². The van der Waals surface area contributed by atoms with Gasteiger partial charge in [-0.05, 0) is 22.6 Å². The van der Waals surface area contributed by atoms with Crippen LogP contribution in [0.15, 0.2) is 24.3 Å². The Hall–Kier alpha value is -1.95. The summed E-state index contributed by atoms with van der Waals surface area (Å²) in [5, 5.41) is 24.0. The fourth-order valence-electron chi connectivity index (χ4n) is 1.64. The number of aryl methyl sites for hydroxylation is 1. The van der Waals surface area contributed by atoms with E-state index in [-0.39, 0.29) is 12.0 Å². The largest absolute Gasteiger partial charge is 0.396 e. The van der Waals surface area contributed by atoms with Crippen molar-refractivity contribution in [3.05, 3.63) is 24.3 Å². The lowest BCUT2D eigenvalue weighted by Crippen LogP contribution is -2.26. The van der Waals surface area contributed by atoms with Crippen molar-refractivity contribution in [3.8, 4) is 11.4 Å². The minimum Gasteiger partial charge on any atom is -0.396 e. The first-order valence-corrected chi connectivity index (χ1v) is 6.19. The first-order valence-electron chi connectivity index (χ1n) is 6.19. The van der Waals surface area contributed by atoms with Gasteiger partial charge in [-0.15, -0.1) is 5.10 Å². The molecule has 102 valence electrons. The average molecular weight is 261 g/mol. The third-order valence-corrected chi connectivity index (χ3v) is 2.94. The summed E-state index contributed by atoms with van der Waals surface area (Å²) in [5.74, 6) is 0.727. The van der Waals surface area contributed by atoms with Crippen molar-refractivity contribution in [1.82, 2.24) is 20.2 Å². The van der Waals surface area contributed by atoms with Crippen molar-refractivity contribution in [2.24, 2.45) is 12.5 Å². The molecule has 0 radical (unpaired) electrons. The predicted octanol–water partition coefficient (Wildman–Crippen LogP) is 1.31. The van der Waals surface area contributed by atoms with Crippen molar-refractivity contribution >= 4 is 5.69 Å². The van der Waals surface area contributed by atoms with Crippen molar-refractivity contribution in [2.45, 2.75) is 13.8 Å². The van der Waals surface area contributed by atoms with E-state index in [0.717, 1.165) is 17.1 Å². The zero-order chi connectivity index (χ0) is 13.9. The molecule has 2 N–H and O–H groups in total. The van der Waals surface area contributed by atoms with Gasteiger partial charge >= 0.3 is 0 Å². The second-order valence-corrected chi connectivity index (χ2v) is 5.38. The van der Waals surface area contributed by atoms with E-state index in [0.29, 0.717) is 6.54 Å². The lowest BCUT2D eigenvalue weighted by molar-refractivity contribution is 0.171. The van der Waals surface area contributed by atoms with E-state index in [2.05, 4.69) is 20.8 Å². The third-order valence-electron chi connectivity index (χ3n) is 2.94. The number of aromatic nitrogens is 4. The molecule has 0 aliphatic carbocycles. The van der Waals surface area contributed by atoms with Crippen LogP contribution in [0.4, 0.5) is 5.69 Å². The number of nitrogens with one attached hydrogen (secondary N) is 1. The topological polar surface area (TPSA) is 75.9 Å². The van der Waals surface area contributed by atoms with Gasteiger partial charge in [0.05, 0.1) is 0 Å². The summed E-state index contributed by atoms with van der Waals surface area (Å²) in [6.07, 6.45) is 0. The molecule has 0 saturated heterocycles. The van der Waals surface area contributed by atoms with Crippen LogP contribution in [0.1, 0.15) is 13.8 Å². The molecule has 0 bridgehead atoms. The van der Waals surface area contributed by atoms with Crippen LogP contribution in [0.25, 0.3) is 11.4 Å². The fraction of sp³-hybridized carbons (Fsp3) is 0.462. The van der Waals surface area contributed by atoms with Gasteiger partial charge in [-0.2, -0.15) is 0 Å². The molecular formula is C13H19N5O. The quantitative estimate of drug-likeness (QED) is 0.848. The van der Waals surface area contributed by atoms with Crippen molar-refractivity contribution in [3.63, 3.8) is 0 Å². The molecule has 0 spiro atoms. The van der Waals surface area contributed by atoms with Gasteiger partial charge in [-0.3, -0.25) is 0 Å². The molecule has 2 aromatic rings. The summed E-state index contributed by atoms with van der Waals surface area (Å²) in [7, 11) is 1.81. The zero-order valence-corrected chi connectivity index (χ0v) is 11.5. The smallest absolute Gasteiger partial charge is 0.181 e. The molecule has 0 aliphatic heterocycles. The summed E-state index contributed by atoms with van der Waals surface area (Å²) in [6, 6.07) is 7.91. The van der Waals surface area contributed by atoms with E-state index in [4.69, 9.17) is 0 Å². The van der Waals surface area contributed by atoms with Crippen LogP contribution >= 0.6 is 0 Å². The molecule has 2 rings (SSSR count). The number of hydrogen-bond donors (Lipinski definition) is 2. The van der Waals surface area contributed by atoms with Gasteiger partial charge < -0.3 is 10.4 Å². The number of hydrogen-bond acceptors (Lipinski definition) is 5. The Bertz CT molecular complexity index is 549. The first kappa shape index (κ1) is 13.5. The van der Waals surface area contributed by atoms with E-state index in [1.54, 1.807) is 4.68 Å². The molecule has 0 aliphatic rings. The maximum Gasteiger partial charge on any atom is 0.181 e. The summed E-state index contributed by atoms with van der Waals surface area (Å²) < 4.78 is 1.64. The van der Waals surface area contributed by atoms with Crippen molar-refractivity contribution in [2.75, 3.05) is 18.5 Å². The van der Waals surface area contributed by atoms with Crippen LogP contribution in [-0.2, 0) is 7.05 Å². The Morgan fingerprint density at radius 2 is 2.16 bits per heavy atom. The molecule has 1 heterocycles. The van der Waals surface area contributed by atoms with Crippen molar-refractivity contribution < 1.29 is 5.11 Å². The zero-order valence-electron chi connectivity index (χ0n) is 11.5. The second-order valence-electron chi connectivity index (χ2n) is 5.38. The number of aliphatic hydroxyl groups is 1. The van der Waals surface area contributed by atoms with Gasteiger partial charge in [-0.25, -0.2) is 4.68 Å².